The van der Waals surface area contributed by atoms with E-state index >= 15 is 0 Å². The van der Waals surface area contributed by atoms with Crippen molar-refractivity contribution in [2.45, 2.75) is 26.4 Å². The van der Waals surface area contributed by atoms with E-state index in [-0.39, 0.29) is 5.57 Å². The summed E-state index contributed by atoms with van der Waals surface area (Å²) in [5.41, 5.74) is 4.81. The van der Waals surface area contributed by atoms with Crippen LogP contribution in [0.25, 0.3) is 0 Å². The predicted octanol–water partition coefficient (Wildman–Crippen LogP) is 2.60. The Balaban J connectivity index is 5.09. The first kappa shape index (κ1) is 12.4. The molecule has 0 unspecified atom stereocenters. The van der Waals surface area contributed by atoms with Crippen LogP contribution in [0.2, 0.25) is 0 Å². The molecule has 14 heavy (non-hydrogen) atoms. The maximum atomic E-state index is 13.4. The fourth-order valence-corrected chi connectivity index (χ4v) is 0.757. The van der Waals surface area contributed by atoms with Crippen LogP contribution in [0.5, 0.6) is 0 Å². The van der Waals surface area contributed by atoms with Crippen molar-refractivity contribution in [2.75, 3.05) is 0 Å². The van der Waals surface area contributed by atoms with Gasteiger partial charge in [-0.2, -0.15) is 5.26 Å². The average molecular weight is 194 g/mol. The molecule has 2 N–H and O–H groups in total. The van der Waals surface area contributed by atoms with E-state index in [1.165, 1.54) is 26.0 Å². The molecule has 0 aliphatic carbocycles. The highest BCUT2D eigenvalue weighted by atomic mass is 19.1. The summed E-state index contributed by atoms with van der Waals surface area (Å²) in [5, 5.41) is 8.78. The quantitative estimate of drug-likeness (QED) is 0.554. The fourth-order valence-electron chi connectivity index (χ4n) is 0.757. The molecule has 3 heteroatoms. The minimum Gasteiger partial charge on any atom is -0.399 e. The zero-order valence-electron chi connectivity index (χ0n) is 8.76. The first-order chi connectivity index (χ1) is 6.29. The Hall–Kier alpha value is -1.56. The van der Waals surface area contributed by atoms with Gasteiger partial charge in [0, 0.05) is 5.70 Å². The molecule has 2 nitrogen and oxygen atoms in total. The summed E-state index contributed by atoms with van der Waals surface area (Å²) in [6, 6.07) is 1.92. The van der Waals surface area contributed by atoms with Crippen molar-refractivity contribution >= 4 is 0 Å². The average Bonchev–Trinajstić information content (AvgIpc) is 2.03. The lowest BCUT2D eigenvalue weighted by Gasteiger charge is -2.15. The number of allylic oxidation sites excluding steroid dienone is 4. The van der Waals surface area contributed by atoms with Crippen LogP contribution in [0, 0.1) is 11.3 Å². The Morgan fingerprint density at radius 3 is 2.29 bits per heavy atom. The monoisotopic (exact) mass is 194 g/mol. The third-order valence-corrected chi connectivity index (χ3v) is 1.88. The molecule has 0 rings (SSSR count). The molecule has 0 fully saturated rings. The van der Waals surface area contributed by atoms with Crippen LogP contribution in [0.1, 0.15) is 20.8 Å². The van der Waals surface area contributed by atoms with Gasteiger partial charge in [0.2, 0.25) is 0 Å². The normalized spacial score (nSPS) is 13.6. The summed E-state index contributed by atoms with van der Waals surface area (Å²) in [6.45, 7) is 7.85. The summed E-state index contributed by atoms with van der Waals surface area (Å²) in [6.07, 6.45) is 2.95. The van der Waals surface area contributed by atoms with Crippen LogP contribution in [0.15, 0.2) is 35.6 Å². The molecule has 0 amide bonds. The summed E-state index contributed by atoms with van der Waals surface area (Å²) in [4.78, 5) is 0. The number of nitrogens with zero attached hydrogens (tertiary/aromatic N) is 1. The van der Waals surface area contributed by atoms with E-state index in [1.807, 2.05) is 6.07 Å². The van der Waals surface area contributed by atoms with Gasteiger partial charge in [-0.05, 0) is 38.5 Å². The van der Waals surface area contributed by atoms with Gasteiger partial charge in [-0.3, -0.25) is 0 Å². The van der Waals surface area contributed by atoms with Crippen LogP contribution >= 0.6 is 0 Å². The Bertz CT molecular complexity index is 324. The second-order valence-electron chi connectivity index (χ2n) is 3.53. The van der Waals surface area contributed by atoms with E-state index in [2.05, 4.69) is 6.58 Å². The van der Waals surface area contributed by atoms with Gasteiger partial charge < -0.3 is 5.73 Å². The summed E-state index contributed by atoms with van der Waals surface area (Å²) < 4.78 is 13.4. The Labute approximate surface area is 84.2 Å². The molecule has 0 aromatic rings. The third kappa shape index (κ3) is 3.90. The second-order valence-corrected chi connectivity index (χ2v) is 3.53. The zero-order valence-corrected chi connectivity index (χ0v) is 8.76. The minimum atomic E-state index is -1.49. The van der Waals surface area contributed by atoms with E-state index in [9.17, 15) is 4.39 Å². The van der Waals surface area contributed by atoms with Crippen molar-refractivity contribution in [2.24, 2.45) is 5.73 Å². The maximum Gasteiger partial charge on any atom is 0.127 e. The molecule has 0 aromatic carbocycles. The molecular weight excluding hydrogens is 179 g/mol. The van der Waals surface area contributed by atoms with Gasteiger partial charge in [0.15, 0.2) is 0 Å². The number of nitriles is 1. The smallest absolute Gasteiger partial charge is 0.127 e. The van der Waals surface area contributed by atoms with Crippen LogP contribution < -0.4 is 5.73 Å². The molecule has 76 valence electrons. The number of halogens is 1. The van der Waals surface area contributed by atoms with Crippen molar-refractivity contribution in [1.29, 1.82) is 5.26 Å². The largest absolute Gasteiger partial charge is 0.399 e. The van der Waals surface area contributed by atoms with Crippen LogP contribution in [-0.2, 0) is 0 Å². The molecule has 0 aromatic heterocycles. The van der Waals surface area contributed by atoms with Gasteiger partial charge in [-0.1, -0.05) is 6.58 Å². The standard InChI is InChI=1S/C11H15FN2/c1-8(14)5-6-10(7-13)9(2)11(3,4)12/h5-6H,1,14H2,2-4H3/b6-5-,10-9-. The highest BCUT2D eigenvalue weighted by Gasteiger charge is 2.20. The SMILES string of the molecule is C=C(N)/C=C\C(C#N)=C(/C)C(C)(C)F. The molecular formula is C11H15FN2. The highest BCUT2D eigenvalue weighted by molar-refractivity contribution is 5.41. The highest BCUT2D eigenvalue weighted by Crippen LogP contribution is 2.23. The number of nitrogens with two attached hydrogens (primary N) is 1. The first-order valence-electron chi connectivity index (χ1n) is 4.22. The summed E-state index contributed by atoms with van der Waals surface area (Å²) in [7, 11) is 0. The lowest BCUT2D eigenvalue weighted by Crippen LogP contribution is -2.14. The van der Waals surface area contributed by atoms with Crippen molar-refractivity contribution < 1.29 is 4.39 Å². The van der Waals surface area contributed by atoms with Crippen molar-refractivity contribution in [3.8, 4) is 6.07 Å². The van der Waals surface area contributed by atoms with Crippen LogP contribution in [-0.4, -0.2) is 5.67 Å². The Kier molecular flexibility index (Phi) is 4.10. The summed E-state index contributed by atoms with van der Waals surface area (Å²) in [5.74, 6) is 0. The van der Waals surface area contributed by atoms with Crippen LogP contribution in [0.3, 0.4) is 0 Å². The predicted molar refractivity (Wildman–Crippen MR) is 56.0 cm³/mol. The minimum absolute atomic E-state index is 0.282. The zero-order chi connectivity index (χ0) is 11.4. The fraction of sp³-hybridized carbons (Fsp3) is 0.364. The molecule has 0 atom stereocenters. The molecule has 0 spiro atoms. The molecule has 0 heterocycles. The lowest BCUT2D eigenvalue weighted by atomic mass is 9.96. The number of hydrogen-bond donors (Lipinski definition) is 1. The van der Waals surface area contributed by atoms with Gasteiger partial charge in [0.1, 0.15) is 5.67 Å². The van der Waals surface area contributed by atoms with Crippen molar-refractivity contribution in [3.63, 3.8) is 0 Å². The molecule has 0 saturated carbocycles. The molecule has 0 aliphatic rings. The first-order valence-corrected chi connectivity index (χ1v) is 4.22. The van der Waals surface area contributed by atoms with Gasteiger partial charge in [0.05, 0.1) is 11.6 Å². The van der Waals surface area contributed by atoms with Crippen molar-refractivity contribution in [1.82, 2.24) is 0 Å². The Morgan fingerprint density at radius 2 is 2.00 bits per heavy atom. The molecule has 0 aliphatic heterocycles. The lowest BCUT2D eigenvalue weighted by molar-refractivity contribution is 0.267. The molecule has 0 bridgehead atoms. The number of rotatable bonds is 3. The van der Waals surface area contributed by atoms with Gasteiger partial charge in [-0.15, -0.1) is 0 Å². The van der Waals surface area contributed by atoms with Gasteiger partial charge >= 0.3 is 0 Å². The van der Waals surface area contributed by atoms with Gasteiger partial charge in [-0.25, -0.2) is 4.39 Å². The van der Waals surface area contributed by atoms with E-state index in [0.29, 0.717) is 11.3 Å². The van der Waals surface area contributed by atoms with Gasteiger partial charge in [0.25, 0.3) is 0 Å². The molecule has 0 saturated heterocycles. The molecule has 0 radical (unpaired) electrons. The van der Waals surface area contributed by atoms with E-state index in [0.717, 1.165) is 0 Å². The maximum absolute atomic E-state index is 13.4. The topological polar surface area (TPSA) is 49.8 Å². The second kappa shape index (κ2) is 4.61. The third-order valence-electron chi connectivity index (χ3n) is 1.88. The number of hydrogen-bond acceptors (Lipinski definition) is 2. The van der Waals surface area contributed by atoms with E-state index in [1.54, 1.807) is 6.92 Å². The van der Waals surface area contributed by atoms with E-state index in [4.69, 9.17) is 11.0 Å². The number of alkyl halides is 1. The van der Waals surface area contributed by atoms with Crippen LogP contribution in [0.4, 0.5) is 4.39 Å². The van der Waals surface area contributed by atoms with Crippen molar-refractivity contribution in [3.05, 3.63) is 35.6 Å². The summed E-state index contributed by atoms with van der Waals surface area (Å²) >= 11 is 0. The van der Waals surface area contributed by atoms with E-state index < -0.39 is 5.67 Å². The Morgan fingerprint density at radius 1 is 1.50 bits per heavy atom.